The van der Waals surface area contributed by atoms with E-state index in [1.165, 1.54) is 12.1 Å². The second-order valence-corrected chi connectivity index (χ2v) is 6.91. The highest BCUT2D eigenvalue weighted by Crippen LogP contribution is 2.44. The first kappa shape index (κ1) is 20.3. The number of rotatable bonds is 3. The molecule has 0 aliphatic heterocycles. The van der Waals surface area contributed by atoms with Gasteiger partial charge in [0.1, 0.15) is 0 Å². The molecular weight excluding hydrogens is 354 g/mol. The maximum absolute atomic E-state index is 13.5. The van der Waals surface area contributed by atoms with Crippen molar-refractivity contribution in [3.05, 3.63) is 58.7 Å². The Morgan fingerprint density at radius 3 is 1.12 bits per heavy atom. The minimum atomic E-state index is -4.75. The van der Waals surface area contributed by atoms with Crippen LogP contribution in [0.3, 0.4) is 0 Å². The van der Waals surface area contributed by atoms with Crippen LogP contribution in [-0.2, 0) is 12.4 Å². The van der Waals surface area contributed by atoms with Gasteiger partial charge in [0.05, 0.1) is 11.1 Å². The summed E-state index contributed by atoms with van der Waals surface area (Å²) < 4.78 is 81.2. The van der Waals surface area contributed by atoms with Crippen LogP contribution in [0.1, 0.15) is 61.8 Å². The molecule has 0 spiro atoms. The van der Waals surface area contributed by atoms with Gasteiger partial charge in [-0.25, -0.2) is 0 Å². The Hall–Kier alpha value is -1.98. The third-order valence-electron chi connectivity index (χ3n) is 4.32. The standard InChI is InChI=1S/C20H20F6/c1-11(2)13-5-7-15(17(9-13)19(21,22)23)16-8-6-14(12(3)4)10-18(16)20(24,25)26/h5-12H,1-4H3. The van der Waals surface area contributed by atoms with Crippen molar-refractivity contribution in [2.75, 3.05) is 0 Å². The van der Waals surface area contributed by atoms with Crippen LogP contribution in [0.2, 0.25) is 0 Å². The molecule has 0 amide bonds. The lowest BCUT2D eigenvalue weighted by molar-refractivity contribution is -0.139. The number of halogens is 6. The Balaban J connectivity index is 2.79. The number of benzene rings is 2. The van der Waals surface area contributed by atoms with E-state index in [4.69, 9.17) is 0 Å². The predicted octanol–water partition coefficient (Wildman–Crippen LogP) is 7.64. The molecule has 0 fully saturated rings. The maximum Gasteiger partial charge on any atom is 0.417 e. The van der Waals surface area contributed by atoms with Crippen molar-refractivity contribution in [2.45, 2.75) is 51.9 Å². The molecule has 0 unspecified atom stereocenters. The molecule has 0 saturated heterocycles. The third-order valence-corrected chi connectivity index (χ3v) is 4.32. The summed E-state index contributed by atoms with van der Waals surface area (Å²) >= 11 is 0. The van der Waals surface area contributed by atoms with Crippen molar-refractivity contribution in [1.29, 1.82) is 0 Å². The highest BCUT2D eigenvalue weighted by atomic mass is 19.4. The van der Waals surface area contributed by atoms with Gasteiger partial charge in [-0.3, -0.25) is 0 Å². The van der Waals surface area contributed by atoms with Gasteiger partial charge >= 0.3 is 12.4 Å². The summed E-state index contributed by atoms with van der Waals surface area (Å²) in [4.78, 5) is 0. The van der Waals surface area contributed by atoms with Gasteiger partial charge in [-0.2, -0.15) is 26.3 Å². The molecule has 0 radical (unpaired) electrons. The lowest BCUT2D eigenvalue weighted by Gasteiger charge is -2.20. The van der Waals surface area contributed by atoms with Crippen LogP contribution in [0, 0.1) is 0 Å². The summed E-state index contributed by atoms with van der Waals surface area (Å²) in [6.45, 7) is 6.92. The van der Waals surface area contributed by atoms with E-state index in [1.54, 1.807) is 27.7 Å². The first-order valence-electron chi connectivity index (χ1n) is 8.25. The highest BCUT2D eigenvalue weighted by molar-refractivity contribution is 5.73. The number of hydrogen-bond donors (Lipinski definition) is 0. The fourth-order valence-electron chi connectivity index (χ4n) is 2.78. The van der Waals surface area contributed by atoms with Crippen LogP contribution in [-0.4, -0.2) is 0 Å². The van der Waals surface area contributed by atoms with Crippen molar-refractivity contribution in [3.63, 3.8) is 0 Å². The Morgan fingerprint density at radius 1 is 0.577 bits per heavy atom. The molecule has 0 aliphatic rings. The zero-order valence-corrected chi connectivity index (χ0v) is 14.9. The Kier molecular flexibility index (Phi) is 5.45. The van der Waals surface area contributed by atoms with Crippen molar-refractivity contribution < 1.29 is 26.3 Å². The van der Waals surface area contributed by atoms with Gasteiger partial charge in [0.15, 0.2) is 0 Å². The molecule has 0 atom stereocenters. The Labute approximate surface area is 148 Å². The summed E-state index contributed by atoms with van der Waals surface area (Å²) in [5.41, 5.74) is -2.16. The molecule has 0 heterocycles. The van der Waals surface area contributed by atoms with E-state index >= 15 is 0 Å². The van der Waals surface area contributed by atoms with Crippen LogP contribution in [0.4, 0.5) is 26.3 Å². The van der Waals surface area contributed by atoms with Crippen LogP contribution in [0.15, 0.2) is 36.4 Å². The smallest absolute Gasteiger partial charge is 0.166 e. The summed E-state index contributed by atoms with van der Waals surface area (Å²) in [5.74, 6) is -0.342. The largest absolute Gasteiger partial charge is 0.417 e. The van der Waals surface area contributed by atoms with Crippen molar-refractivity contribution in [1.82, 2.24) is 0 Å². The molecule has 0 bridgehead atoms. The van der Waals surface area contributed by atoms with Crippen molar-refractivity contribution in [2.24, 2.45) is 0 Å². The lowest BCUT2D eigenvalue weighted by Crippen LogP contribution is -2.12. The molecule has 2 aromatic rings. The van der Waals surface area contributed by atoms with E-state index in [0.29, 0.717) is 11.1 Å². The van der Waals surface area contributed by atoms with Gasteiger partial charge in [-0.15, -0.1) is 0 Å². The van der Waals surface area contributed by atoms with Crippen molar-refractivity contribution in [3.8, 4) is 11.1 Å². The average molecular weight is 374 g/mol. The van der Waals surface area contributed by atoms with E-state index in [9.17, 15) is 26.3 Å². The number of alkyl halides is 6. The zero-order valence-electron chi connectivity index (χ0n) is 14.9. The minimum Gasteiger partial charge on any atom is -0.166 e. The van der Waals surface area contributed by atoms with Gasteiger partial charge in [0, 0.05) is 0 Å². The van der Waals surface area contributed by atoms with E-state index in [-0.39, 0.29) is 11.8 Å². The van der Waals surface area contributed by atoms with E-state index in [2.05, 4.69) is 0 Å². The third kappa shape index (κ3) is 4.22. The monoisotopic (exact) mass is 374 g/mol. The molecule has 2 rings (SSSR count). The maximum atomic E-state index is 13.5. The minimum absolute atomic E-state index is 0.171. The molecule has 142 valence electrons. The summed E-state index contributed by atoms with van der Waals surface area (Å²) in [6, 6.07) is 7.06. The van der Waals surface area contributed by atoms with Crippen LogP contribution >= 0.6 is 0 Å². The molecule has 2 aromatic carbocycles. The fraction of sp³-hybridized carbons (Fsp3) is 0.400. The lowest BCUT2D eigenvalue weighted by atomic mass is 9.89. The van der Waals surface area contributed by atoms with Gasteiger partial charge in [0.2, 0.25) is 0 Å². The molecule has 0 saturated carbocycles. The van der Waals surface area contributed by atoms with E-state index < -0.39 is 34.6 Å². The second kappa shape index (κ2) is 6.97. The van der Waals surface area contributed by atoms with E-state index in [0.717, 1.165) is 24.3 Å². The molecule has 26 heavy (non-hydrogen) atoms. The van der Waals surface area contributed by atoms with Crippen molar-refractivity contribution >= 4 is 0 Å². The fourth-order valence-corrected chi connectivity index (χ4v) is 2.78. The Morgan fingerprint density at radius 2 is 0.885 bits per heavy atom. The first-order chi connectivity index (χ1) is 11.8. The van der Waals surface area contributed by atoms with Gasteiger partial charge in [-0.1, -0.05) is 52.0 Å². The summed E-state index contributed by atoms with van der Waals surface area (Å²) in [7, 11) is 0. The van der Waals surface area contributed by atoms with Crippen LogP contribution < -0.4 is 0 Å². The van der Waals surface area contributed by atoms with Gasteiger partial charge in [0.25, 0.3) is 0 Å². The zero-order chi connectivity index (χ0) is 19.9. The van der Waals surface area contributed by atoms with Gasteiger partial charge in [-0.05, 0) is 46.2 Å². The molecule has 6 heteroatoms. The molecule has 0 aromatic heterocycles. The molecular formula is C20H20F6. The Bertz CT molecular complexity index is 714. The molecule has 0 aliphatic carbocycles. The predicted molar refractivity (Wildman–Crippen MR) is 90.1 cm³/mol. The topological polar surface area (TPSA) is 0 Å². The SMILES string of the molecule is CC(C)c1ccc(-c2ccc(C(C)C)cc2C(F)(F)F)c(C(F)(F)F)c1. The quantitative estimate of drug-likeness (QED) is 0.484. The van der Waals surface area contributed by atoms with Gasteiger partial charge < -0.3 is 0 Å². The number of hydrogen-bond acceptors (Lipinski definition) is 0. The summed E-state index contributed by atoms with van der Waals surface area (Å²) in [6.07, 6.45) is -9.50. The highest BCUT2D eigenvalue weighted by Gasteiger charge is 2.38. The molecule has 0 nitrogen and oxygen atoms in total. The van der Waals surface area contributed by atoms with E-state index in [1.807, 2.05) is 0 Å². The first-order valence-corrected chi connectivity index (χ1v) is 8.25. The average Bonchev–Trinajstić information content (AvgIpc) is 2.52. The normalized spacial score (nSPS) is 12.9. The van der Waals surface area contributed by atoms with Crippen LogP contribution in [0.5, 0.6) is 0 Å². The summed E-state index contributed by atoms with van der Waals surface area (Å²) in [5, 5.41) is 0. The second-order valence-electron chi connectivity index (χ2n) is 6.91. The van der Waals surface area contributed by atoms with Crippen LogP contribution in [0.25, 0.3) is 11.1 Å². The molecule has 0 N–H and O–H groups in total.